The maximum atomic E-state index is 12.1. The van der Waals surface area contributed by atoms with Crippen molar-refractivity contribution in [3.63, 3.8) is 0 Å². The molecular weight excluding hydrogens is 315 g/mol. The number of hydrogen-bond donors (Lipinski definition) is 2. The van der Waals surface area contributed by atoms with Gasteiger partial charge in [0.25, 0.3) is 5.91 Å². The number of aromatic carboxylic acids is 1. The highest BCUT2D eigenvalue weighted by atomic mass is 35.5. The number of carbonyl (C=O) groups excluding carboxylic acids is 1. The zero-order valence-corrected chi connectivity index (χ0v) is 12.4. The van der Waals surface area contributed by atoms with E-state index in [1.807, 2.05) is 0 Å². The Hall–Kier alpha value is -2.11. The summed E-state index contributed by atoms with van der Waals surface area (Å²) in [5.74, 6) is -1.74. The molecule has 0 saturated heterocycles. The molecule has 21 heavy (non-hydrogen) atoms. The third-order valence-corrected chi connectivity index (χ3v) is 3.21. The zero-order valence-electron chi connectivity index (χ0n) is 10.9. The number of benzene rings is 1. The largest absolute Gasteiger partial charge is 0.478 e. The van der Waals surface area contributed by atoms with Gasteiger partial charge in [0, 0.05) is 16.9 Å². The van der Waals surface area contributed by atoms with Gasteiger partial charge in [-0.1, -0.05) is 23.2 Å². The van der Waals surface area contributed by atoms with E-state index in [4.69, 9.17) is 28.3 Å². The van der Waals surface area contributed by atoms with Crippen molar-refractivity contribution in [2.75, 3.05) is 5.32 Å². The van der Waals surface area contributed by atoms with E-state index in [9.17, 15) is 9.59 Å². The molecule has 0 aliphatic heterocycles. The molecular formula is C14H10Cl2N2O3. The third-order valence-electron chi connectivity index (χ3n) is 2.70. The van der Waals surface area contributed by atoms with Crippen LogP contribution in [0.25, 0.3) is 0 Å². The van der Waals surface area contributed by atoms with Gasteiger partial charge in [0.15, 0.2) is 0 Å². The topological polar surface area (TPSA) is 79.3 Å². The van der Waals surface area contributed by atoms with Crippen molar-refractivity contribution >= 4 is 40.8 Å². The number of carboxylic acid groups (broad SMARTS) is 1. The van der Waals surface area contributed by atoms with Crippen molar-refractivity contribution in [3.8, 4) is 0 Å². The highest BCUT2D eigenvalue weighted by Crippen LogP contribution is 2.30. The van der Waals surface area contributed by atoms with E-state index in [0.717, 1.165) is 5.69 Å². The fourth-order valence-electron chi connectivity index (χ4n) is 1.66. The van der Waals surface area contributed by atoms with Crippen LogP contribution in [-0.4, -0.2) is 22.0 Å². The van der Waals surface area contributed by atoms with E-state index in [2.05, 4.69) is 10.3 Å². The van der Waals surface area contributed by atoms with E-state index in [1.165, 1.54) is 18.3 Å². The number of aromatic nitrogens is 1. The normalized spacial score (nSPS) is 10.2. The summed E-state index contributed by atoms with van der Waals surface area (Å²) in [6, 6.07) is 5.84. The molecule has 7 heteroatoms. The molecule has 108 valence electrons. The number of aryl methyl sites for hydroxylation is 1. The summed E-state index contributed by atoms with van der Waals surface area (Å²) in [6.07, 6.45) is 1.40. The van der Waals surface area contributed by atoms with Gasteiger partial charge in [-0.05, 0) is 31.2 Å². The standard InChI is InChI=1S/C14H10Cl2N2O3/c1-7-2-3-8(6-17-7)13(19)18-12-10(14(20)21)4-9(15)5-11(12)16/h2-6H,1H3,(H,18,19)(H,20,21). The summed E-state index contributed by atoms with van der Waals surface area (Å²) < 4.78 is 0. The molecule has 1 aromatic heterocycles. The molecule has 0 radical (unpaired) electrons. The lowest BCUT2D eigenvalue weighted by atomic mass is 10.1. The Bertz CT molecular complexity index is 715. The van der Waals surface area contributed by atoms with Crippen LogP contribution in [0.5, 0.6) is 0 Å². The van der Waals surface area contributed by atoms with Gasteiger partial charge in [-0.3, -0.25) is 9.78 Å². The number of hydrogen-bond acceptors (Lipinski definition) is 3. The Morgan fingerprint density at radius 3 is 2.52 bits per heavy atom. The van der Waals surface area contributed by atoms with Crippen LogP contribution in [0.15, 0.2) is 30.5 Å². The van der Waals surface area contributed by atoms with E-state index < -0.39 is 11.9 Å². The smallest absolute Gasteiger partial charge is 0.337 e. The van der Waals surface area contributed by atoms with E-state index in [0.29, 0.717) is 5.56 Å². The number of carboxylic acids is 1. The van der Waals surface area contributed by atoms with Crippen LogP contribution >= 0.6 is 23.2 Å². The summed E-state index contributed by atoms with van der Waals surface area (Å²) in [4.78, 5) is 27.3. The SMILES string of the molecule is Cc1ccc(C(=O)Nc2c(Cl)cc(Cl)cc2C(=O)O)cn1. The van der Waals surface area contributed by atoms with Crippen LogP contribution in [0.3, 0.4) is 0 Å². The van der Waals surface area contributed by atoms with Crippen LogP contribution < -0.4 is 5.32 Å². The molecule has 2 N–H and O–H groups in total. The summed E-state index contributed by atoms with van der Waals surface area (Å²) in [5.41, 5.74) is 0.880. The number of pyridine rings is 1. The monoisotopic (exact) mass is 324 g/mol. The van der Waals surface area contributed by atoms with Crippen molar-refractivity contribution in [1.29, 1.82) is 0 Å². The number of carbonyl (C=O) groups is 2. The van der Waals surface area contributed by atoms with Crippen molar-refractivity contribution in [1.82, 2.24) is 4.98 Å². The number of rotatable bonds is 3. The Morgan fingerprint density at radius 2 is 1.95 bits per heavy atom. The summed E-state index contributed by atoms with van der Waals surface area (Å²) in [7, 11) is 0. The number of nitrogens with one attached hydrogen (secondary N) is 1. The molecule has 1 amide bonds. The maximum Gasteiger partial charge on any atom is 0.337 e. The predicted molar refractivity (Wildman–Crippen MR) is 80.3 cm³/mol. The predicted octanol–water partition coefficient (Wildman–Crippen LogP) is 3.65. The number of halogens is 2. The molecule has 0 spiro atoms. The quantitative estimate of drug-likeness (QED) is 0.903. The van der Waals surface area contributed by atoms with Gasteiger partial charge in [0.2, 0.25) is 0 Å². The van der Waals surface area contributed by atoms with Crippen molar-refractivity contribution in [3.05, 3.63) is 57.3 Å². The lowest BCUT2D eigenvalue weighted by molar-refractivity contribution is 0.0698. The molecule has 0 aliphatic carbocycles. The Labute approximate surface area is 130 Å². The number of anilines is 1. The van der Waals surface area contributed by atoms with Crippen molar-refractivity contribution in [2.45, 2.75) is 6.92 Å². The van der Waals surface area contributed by atoms with Crippen molar-refractivity contribution < 1.29 is 14.7 Å². The molecule has 0 saturated carbocycles. The van der Waals surface area contributed by atoms with Crippen LogP contribution in [0.1, 0.15) is 26.4 Å². The average Bonchev–Trinajstić information content (AvgIpc) is 2.41. The summed E-state index contributed by atoms with van der Waals surface area (Å²) >= 11 is 11.7. The van der Waals surface area contributed by atoms with Gasteiger partial charge in [0.1, 0.15) is 0 Å². The molecule has 0 atom stereocenters. The average molecular weight is 325 g/mol. The second kappa shape index (κ2) is 6.11. The lowest BCUT2D eigenvalue weighted by Gasteiger charge is -2.11. The van der Waals surface area contributed by atoms with Gasteiger partial charge in [-0.15, -0.1) is 0 Å². The molecule has 5 nitrogen and oxygen atoms in total. The molecule has 1 aromatic carbocycles. The molecule has 2 aromatic rings. The third kappa shape index (κ3) is 3.51. The molecule has 0 fully saturated rings. The molecule has 0 unspecified atom stereocenters. The highest BCUT2D eigenvalue weighted by molar-refractivity contribution is 6.38. The minimum absolute atomic E-state index is 0.000795. The zero-order chi connectivity index (χ0) is 15.6. The summed E-state index contributed by atoms with van der Waals surface area (Å²) in [5, 5.41) is 11.8. The second-order valence-electron chi connectivity index (χ2n) is 4.26. The molecule has 0 bridgehead atoms. The van der Waals surface area contributed by atoms with Crippen LogP contribution in [0, 0.1) is 6.92 Å². The number of nitrogens with zero attached hydrogens (tertiary/aromatic N) is 1. The fraction of sp³-hybridized carbons (Fsp3) is 0.0714. The molecule has 0 aliphatic rings. The lowest BCUT2D eigenvalue weighted by Crippen LogP contribution is -2.15. The first-order valence-electron chi connectivity index (χ1n) is 5.85. The van der Waals surface area contributed by atoms with Gasteiger partial charge in [0.05, 0.1) is 21.8 Å². The first-order chi connectivity index (χ1) is 9.88. The van der Waals surface area contributed by atoms with E-state index >= 15 is 0 Å². The Morgan fingerprint density at radius 1 is 1.24 bits per heavy atom. The van der Waals surface area contributed by atoms with Gasteiger partial charge in [-0.25, -0.2) is 4.79 Å². The minimum atomic E-state index is -1.24. The van der Waals surface area contributed by atoms with Gasteiger partial charge >= 0.3 is 5.97 Å². The van der Waals surface area contributed by atoms with E-state index in [1.54, 1.807) is 19.1 Å². The minimum Gasteiger partial charge on any atom is -0.478 e. The van der Waals surface area contributed by atoms with Crippen LogP contribution in [-0.2, 0) is 0 Å². The molecule has 2 rings (SSSR count). The van der Waals surface area contributed by atoms with Gasteiger partial charge < -0.3 is 10.4 Å². The first-order valence-corrected chi connectivity index (χ1v) is 6.60. The summed E-state index contributed by atoms with van der Waals surface area (Å²) in [6.45, 7) is 1.79. The maximum absolute atomic E-state index is 12.1. The molecule has 1 heterocycles. The van der Waals surface area contributed by atoms with Crippen LogP contribution in [0.4, 0.5) is 5.69 Å². The van der Waals surface area contributed by atoms with E-state index in [-0.39, 0.29) is 21.3 Å². The second-order valence-corrected chi connectivity index (χ2v) is 5.10. The number of amides is 1. The Kier molecular flexibility index (Phi) is 4.45. The first kappa shape index (κ1) is 15.3. The van der Waals surface area contributed by atoms with Gasteiger partial charge in [-0.2, -0.15) is 0 Å². The highest BCUT2D eigenvalue weighted by Gasteiger charge is 2.18. The fourth-order valence-corrected chi connectivity index (χ4v) is 2.20. The van der Waals surface area contributed by atoms with Crippen LogP contribution in [0.2, 0.25) is 10.0 Å². The Balaban J connectivity index is 2.37. The van der Waals surface area contributed by atoms with Crippen molar-refractivity contribution in [2.24, 2.45) is 0 Å².